The van der Waals surface area contributed by atoms with Gasteiger partial charge < -0.3 is 0 Å². The predicted octanol–water partition coefficient (Wildman–Crippen LogP) is 4.93. The van der Waals surface area contributed by atoms with Crippen molar-refractivity contribution in [2.45, 2.75) is 51.9 Å². The lowest BCUT2D eigenvalue weighted by Crippen LogP contribution is -2.11. The number of hydrogen-bond donors (Lipinski definition) is 0. The fraction of sp³-hybridized carbons (Fsp3) is 0.846. The van der Waals surface area contributed by atoms with Crippen LogP contribution in [0.2, 0.25) is 0 Å². The van der Waals surface area contributed by atoms with Crippen molar-refractivity contribution in [3.8, 4) is 0 Å². The summed E-state index contributed by atoms with van der Waals surface area (Å²) < 4.78 is 0. The quantitative estimate of drug-likeness (QED) is 0.373. The minimum Gasteiger partial charge on any atom is -0.0928 e. The molecule has 0 aromatic rings. The van der Waals surface area contributed by atoms with Crippen LogP contribution >= 0.6 is 15.9 Å². The highest BCUT2D eigenvalue weighted by Gasteiger charge is 2.17. The monoisotopic (exact) mass is 258 g/mol. The minimum atomic E-state index is 0.896. The van der Waals surface area contributed by atoms with Crippen molar-refractivity contribution in [3.63, 3.8) is 0 Å². The maximum Gasteiger partial charge on any atom is 0.00342 e. The highest BCUT2D eigenvalue weighted by atomic mass is 79.9. The largest absolute Gasteiger partial charge is 0.0928 e. The Bertz CT molecular complexity index is 155. The Morgan fingerprint density at radius 2 is 1.93 bits per heavy atom. The van der Waals surface area contributed by atoms with Gasteiger partial charge >= 0.3 is 0 Å². The average molecular weight is 259 g/mol. The molecule has 0 saturated heterocycles. The molecule has 1 fully saturated rings. The van der Waals surface area contributed by atoms with Gasteiger partial charge in [-0.2, -0.15) is 0 Å². The number of rotatable bonds is 5. The summed E-state index contributed by atoms with van der Waals surface area (Å²) in [5.41, 5.74) is 0. The van der Waals surface area contributed by atoms with E-state index in [4.69, 9.17) is 0 Å². The molecule has 0 aromatic heterocycles. The normalized spacial score (nSPS) is 28.4. The second-order valence-electron chi connectivity index (χ2n) is 4.45. The summed E-state index contributed by atoms with van der Waals surface area (Å²) in [5, 5.41) is 1.14. The number of hydrogen-bond acceptors (Lipinski definition) is 0. The third-order valence-electron chi connectivity index (χ3n) is 3.38. The maximum atomic E-state index is 3.46. The Hall–Kier alpha value is 0.220. The predicted molar refractivity (Wildman–Crippen MR) is 67.9 cm³/mol. The lowest BCUT2D eigenvalue weighted by Gasteiger charge is -2.25. The van der Waals surface area contributed by atoms with E-state index in [-0.39, 0.29) is 0 Å². The Kier molecular flexibility index (Phi) is 6.59. The number of unbranched alkanes of at least 4 members (excludes halogenated alkanes) is 1. The first kappa shape index (κ1) is 12.3. The van der Waals surface area contributed by atoms with Gasteiger partial charge in [0, 0.05) is 5.33 Å². The molecule has 0 bridgehead atoms. The van der Waals surface area contributed by atoms with E-state index in [2.05, 4.69) is 35.0 Å². The molecular formula is C13H23Br. The fourth-order valence-corrected chi connectivity index (χ4v) is 2.60. The molecule has 0 aromatic carbocycles. The van der Waals surface area contributed by atoms with Crippen LogP contribution in [0, 0.1) is 11.8 Å². The summed E-state index contributed by atoms with van der Waals surface area (Å²) in [6.07, 6.45) is 14.6. The Morgan fingerprint density at radius 3 is 2.50 bits per heavy atom. The zero-order valence-corrected chi connectivity index (χ0v) is 10.9. The molecule has 0 aliphatic heterocycles. The van der Waals surface area contributed by atoms with E-state index in [9.17, 15) is 0 Å². The van der Waals surface area contributed by atoms with E-state index in [1.165, 1.54) is 44.9 Å². The molecule has 0 unspecified atom stereocenters. The smallest absolute Gasteiger partial charge is 0.00342 e. The van der Waals surface area contributed by atoms with E-state index >= 15 is 0 Å². The van der Waals surface area contributed by atoms with Crippen molar-refractivity contribution < 1.29 is 0 Å². The van der Waals surface area contributed by atoms with Crippen LogP contribution in [0.15, 0.2) is 12.2 Å². The van der Waals surface area contributed by atoms with E-state index < -0.39 is 0 Å². The second-order valence-corrected chi connectivity index (χ2v) is 5.24. The molecule has 0 heterocycles. The molecule has 1 saturated carbocycles. The molecule has 1 rings (SSSR count). The van der Waals surface area contributed by atoms with Gasteiger partial charge in [0.15, 0.2) is 0 Å². The van der Waals surface area contributed by atoms with Crippen LogP contribution in [0.1, 0.15) is 51.9 Å². The zero-order valence-electron chi connectivity index (χ0n) is 9.34. The van der Waals surface area contributed by atoms with Crippen molar-refractivity contribution >= 4 is 15.9 Å². The molecule has 0 spiro atoms. The van der Waals surface area contributed by atoms with E-state index in [1.807, 2.05) is 0 Å². The van der Waals surface area contributed by atoms with Crippen molar-refractivity contribution in [2.24, 2.45) is 11.8 Å². The SMILES string of the molecule is CCC1CCC(C=CCCCBr)CC1. The Labute approximate surface area is 97.3 Å². The molecule has 14 heavy (non-hydrogen) atoms. The standard InChI is InChI=1S/C13H23Br/c1-2-12-7-9-13(10-8-12)6-4-3-5-11-14/h4,6,12-13H,2-3,5,7-11H2,1H3. The first-order valence-electron chi connectivity index (χ1n) is 6.09. The van der Waals surface area contributed by atoms with E-state index in [0.29, 0.717) is 0 Å². The molecule has 1 aliphatic carbocycles. The molecule has 0 radical (unpaired) electrons. The van der Waals surface area contributed by atoms with Crippen molar-refractivity contribution in [1.82, 2.24) is 0 Å². The summed E-state index contributed by atoms with van der Waals surface area (Å²) in [5.74, 6) is 1.93. The first-order valence-corrected chi connectivity index (χ1v) is 7.21. The average Bonchev–Trinajstić information content (AvgIpc) is 2.25. The topological polar surface area (TPSA) is 0 Å². The molecule has 82 valence electrons. The molecule has 1 aliphatic rings. The minimum absolute atomic E-state index is 0.896. The Morgan fingerprint density at radius 1 is 1.21 bits per heavy atom. The van der Waals surface area contributed by atoms with Gasteiger partial charge in [-0.05, 0) is 50.4 Å². The third kappa shape index (κ3) is 4.63. The molecule has 0 N–H and O–H groups in total. The third-order valence-corrected chi connectivity index (χ3v) is 3.94. The van der Waals surface area contributed by atoms with Gasteiger partial charge in [0.25, 0.3) is 0 Å². The van der Waals surface area contributed by atoms with Crippen LogP contribution in [0.3, 0.4) is 0 Å². The first-order chi connectivity index (χ1) is 6.86. The van der Waals surface area contributed by atoms with Crippen LogP contribution in [0.5, 0.6) is 0 Å². The van der Waals surface area contributed by atoms with Crippen LogP contribution < -0.4 is 0 Å². The highest BCUT2D eigenvalue weighted by Crippen LogP contribution is 2.31. The van der Waals surface area contributed by atoms with Crippen molar-refractivity contribution in [3.05, 3.63) is 12.2 Å². The highest BCUT2D eigenvalue weighted by molar-refractivity contribution is 9.09. The summed E-state index contributed by atoms with van der Waals surface area (Å²) >= 11 is 3.46. The molecular weight excluding hydrogens is 236 g/mol. The summed E-state index contributed by atoms with van der Waals surface area (Å²) in [6, 6.07) is 0. The summed E-state index contributed by atoms with van der Waals surface area (Å²) in [4.78, 5) is 0. The van der Waals surface area contributed by atoms with Crippen molar-refractivity contribution in [2.75, 3.05) is 5.33 Å². The second kappa shape index (κ2) is 7.50. The van der Waals surface area contributed by atoms with E-state index in [1.54, 1.807) is 0 Å². The number of allylic oxidation sites excluding steroid dienone is 2. The number of halogens is 1. The van der Waals surface area contributed by atoms with Crippen molar-refractivity contribution in [1.29, 1.82) is 0 Å². The number of alkyl halides is 1. The Balaban J connectivity index is 2.12. The van der Waals surface area contributed by atoms with Crippen LogP contribution in [-0.2, 0) is 0 Å². The lowest BCUT2D eigenvalue weighted by atomic mass is 9.81. The van der Waals surface area contributed by atoms with Gasteiger partial charge in [0.05, 0.1) is 0 Å². The summed E-state index contributed by atoms with van der Waals surface area (Å²) in [6.45, 7) is 2.33. The lowest BCUT2D eigenvalue weighted by molar-refractivity contribution is 0.303. The van der Waals surface area contributed by atoms with Gasteiger partial charge in [-0.15, -0.1) is 0 Å². The fourth-order valence-electron chi connectivity index (χ4n) is 2.27. The maximum absolute atomic E-state index is 3.46. The molecule has 0 atom stereocenters. The van der Waals surface area contributed by atoms with Crippen LogP contribution in [0.25, 0.3) is 0 Å². The van der Waals surface area contributed by atoms with Crippen LogP contribution in [-0.4, -0.2) is 5.33 Å². The molecule has 0 amide bonds. The van der Waals surface area contributed by atoms with Gasteiger partial charge in [0.1, 0.15) is 0 Å². The van der Waals surface area contributed by atoms with Gasteiger partial charge in [-0.25, -0.2) is 0 Å². The van der Waals surface area contributed by atoms with Gasteiger partial charge in [-0.3, -0.25) is 0 Å². The molecule has 1 heteroatoms. The van der Waals surface area contributed by atoms with Gasteiger partial charge in [0.2, 0.25) is 0 Å². The van der Waals surface area contributed by atoms with Gasteiger partial charge in [-0.1, -0.05) is 41.4 Å². The van der Waals surface area contributed by atoms with E-state index in [0.717, 1.165) is 17.2 Å². The molecule has 0 nitrogen and oxygen atoms in total. The van der Waals surface area contributed by atoms with Crippen LogP contribution in [0.4, 0.5) is 0 Å². The zero-order chi connectivity index (χ0) is 10.2. The summed E-state index contributed by atoms with van der Waals surface area (Å²) in [7, 11) is 0.